The number of nitrogens with zero attached hydrogens (tertiary/aromatic N) is 1. The van der Waals surface area contributed by atoms with Crippen molar-refractivity contribution in [2.24, 2.45) is 0 Å². The minimum Gasteiger partial charge on any atom is -0.491 e. The Morgan fingerprint density at radius 2 is 1.65 bits per heavy atom. The van der Waals surface area contributed by atoms with Gasteiger partial charge in [-0.05, 0) is 51.2 Å². The summed E-state index contributed by atoms with van der Waals surface area (Å²) in [6.45, 7) is 14.9. The maximum absolute atomic E-state index is 5.70. The van der Waals surface area contributed by atoms with Gasteiger partial charge in [0.05, 0.1) is 6.10 Å². The zero-order chi connectivity index (χ0) is 15.0. The molecule has 0 aliphatic heterocycles. The summed E-state index contributed by atoms with van der Waals surface area (Å²) in [6, 6.07) is 8.88. The topological polar surface area (TPSA) is 24.5 Å². The van der Waals surface area contributed by atoms with E-state index in [1.807, 2.05) is 0 Å². The van der Waals surface area contributed by atoms with Gasteiger partial charge in [0.1, 0.15) is 5.75 Å². The standard InChI is InChI=1S/C17H30N2O/c1-6-18-17(13-19(7-2)8-3)15-9-11-16(12-10-15)20-14(4)5/h9-12,14,17-18H,6-8,13H2,1-5H3. The summed E-state index contributed by atoms with van der Waals surface area (Å²) < 4.78 is 5.70. The highest BCUT2D eigenvalue weighted by Crippen LogP contribution is 2.19. The van der Waals surface area contributed by atoms with E-state index in [0.29, 0.717) is 6.04 Å². The summed E-state index contributed by atoms with van der Waals surface area (Å²) in [5.74, 6) is 0.946. The molecule has 3 heteroatoms. The van der Waals surface area contributed by atoms with Crippen molar-refractivity contribution >= 4 is 0 Å². The molecule has 0 bridgehead atoms. The van der Waals surface area contributed by atoms with E-state index in [1.54, 1.807) is 0 Å². The van der Waals surface area contributed by atoms with Gasteiger partial charge in [0.2, 0.25) is 0 Å². The van der Waals surface area contributed by atoms with Crippen LogP contribution in [-0.2, 0) is 0 Å². The lowest BCUT2D eigenvalue weighted by atomic mass is 10.1. The van der Waals surface area contributed by atoms with E-state index in [0.717, 1.165) is 31.9 Å². The van der Waals surface area contributed by atoms with E-state index in [-0.39, 0.29) is 6.10 Å². The zero-order valence-corrected chi connectivity index (χ0v) is 13.6. The van der Waals surface area contributed by atoms with E-state index in [4.69, 9.17) is 4.74 Å². The number of hydrogen-bond acceptors (Lipinski definition) is 3. The third kappa shape index (κ3) is 5.51. The number of benzene rings is 1. The van der Waals surface area contributed by atoms with Crippen LogP contribution < -0.4 is 10.1 Å². The van der Waals surface area contributed by atoms with E-state index >= 15 is 0 Å². The molecule has 1 atom stereocenters. The first-order valence-electron chi connectivity index (χ1n) is 7.83. The normalized spacial score (nSPS) is 12.9. The Morgan fingerprint density at radius 1 is 1.05 bits per heavy atom. The van der Waals surface area contributed by atoms with Gasteiger partial charge in [-0.25, -0.2) is 0 Å². The smallest absolute Gasteiger partial charge is 0.119 e. The van der Waals surface area contributed by atoms with Crippen molar-refractivity contribution in [2.75, 3.05) is 26.2 Å². The zero-order valence-electron chi connectivity index (χ0n) is 13.6. The maximum atomic E-state index is 5.70. The number of likely N-dealkylation sites (N-methyl/N-ethyl adjacent to an activating group) is 2. The highest BCUT2D eigenvalue weighted by molar-refractivity contribution is 5.29. The second-order valence-electron chi connectivity index (χ2n) is 5.33. The molecular formula is C17H30N2O. The molecule has 0 fully saturated rings. The second kappa shape index (κ2) is 8.98. The molecule has 1 N–H and O–H groups in total. The molecule has 114 valence electrons. The van der Waals surface area contributed by atoms with Gasteiger partial charge in [-0.2, -0.15) is 0 Å². The molecule has 3 nitrogen and oxygen atoms in total. The van der Waals surface area contributed by atoms with Crippen LogP contribution in [0.4, 0.5) is 0 Å². The van der Waals surface area contributed by atoms with Crippen LogP contribution in [-0.4, -0.2) is 37.2 Å². The summed E-state index contributed by atoms with van der Waals surface area (Å²) in [5, 5.41) is 3.58. The van der Waals surface area contributed by atoms with Gasteiger partial charge in [-0.3, -0.25) is 0 Å². The summed E-state index contributed by atoms with van der Waals surface area (Å²) >= 11 is 0. The van der Waals surface area contributed by atoms with Crippen molar-refractivity contribution in [3.05, 3.63) is 29.8 Å². The van der Waals surface area contributed by atoms with Crippen molar-refractivity contribution in [1.29, 1.82) is 0 Å². The van der Waals surface area contributed by atoms with Gasteiger partial charge in [0, 0.05) is 12.6 Å². The van der Waals surface area contributed by atoms with Gasteiger partial charge >= 0.3 is 0 Å². The van der Waals surface area contributed by atoms with Gasteiger partial charge in [-0.1, -0.05) is 32.9 Å². The molecule has 0 aliphatic carbocycles. The fourth-order valence-corrected chi connectivity index (χ4v) is 2.33. The minimum atomic E-state index is 0.223. The van der Waals surface area contributed by atoms with Crippen LogP contribution in [0.2, 0.25) is 0 Å². The van der Waals surface area contributed by atoms with E-state index in [2.05, 4.69) is 69.1 Å². The lowest BCUT2D eigenvalue weighted by Crippen LogP contribution is -2.35. The van der Waals surface area contributed by atoms with Crippen LogP contribution in [0.1, 0.15) is 46.2 Å². The van der Waals surface area contributed by atoms with E-state index in [9.17, 15) is 0 Å². The van der Waals surface area contributed by atoms with Crippen molar-refractivity contribution in [1.82, 2.24) is 10.2 Å². The molecule has 0 heterocycles. The molecule has 20 heavy (non-hydrogen) atoms. The van der Waals surface area contributed by atoms with Crippen molar-refractivity contribution < 1.29 is 4.74 Å². The third-order valence-corrected chi connectivity index (χ3v) is 3.44. The molecule has 0 saturated carbocycles. The molecular weight excluding hydrogens is 248 g/mol. The lowest BCUT2D eigenvalue weighted by molar-refractivity contribution is 0.242. The van der Waals surface area contributed by atoms with Crippen LogP contribution in [0.25, 0.3) is 0 Å². The first kappa shape index (κ1) is 17.0. The van der Waals surface area contributed by atoms with Crippen LogP contribution in [0.3, 0.4) is 0 Å². The summed E-state index contributed by atoms with van der Waals surface area (Å²) in [7, 11) is 0. The number of hydrogen-bond donors (Lipinski definition) is 1. The highest BCUT2D eigenvalue weighted by Gasteiger charge is 2.13. The molecule has 0 radical (unpaired) electrons. The molecule has 0 saturated heterocycles. The van der Waals surface area contributed by atoms with Gasteiger partial charge in [0.25, 0.3) is 0 Å². The predicted molar refractivity (Wildman–Crippen MR) is 86.4 cm³/mol. The summed E-state index contributed by atoms with van der Waals surface area (Å²) in [6.07, 6.45) is 0.223. The number of ether oxygens (including phenoxy) is 1. The Kier molecular flexibility index (Phi) is 7.63. The Morgan fingerprint density at radius 3 is 2.10 bits per heavy atom. The Bertz CT molecular complexity index is 358. The van der Waals surface area contributed by atoms with E-state index < -0.39 is 0 Å². The first-order chi connectivity index (χ1) is 9.60. The van der Waals surface area contributed by atoms with Crippen LogP contribution >= 0.6 is 0 Å². The van der Waals surface area contributed by atoms with Crippen molar-refractivity contribution in [3.8, 4) is 5.75 Å². The van der Waals surface area contributed by atoms with Crippen molar-refractivity contribution in [2.45, 2.75) is 46.8 Å². The largest absolute Gasteiger partial charge is 0.491 e. The fraction of sp³-hybridized carbons (Fsp3) is 0.647. The van der Waals surface area contributed by atoms with Crippen LogP contribution in [0, 0.1) is 0 Å². The van der Waals surface area contributed by atoms with Crippen LogP contribution in [0.15, 0.2) is 24.3 Å². The van der Waals surface area contributed by atoms with Gasteiger partial charge in [0.15, 0.2) is 0 Å². The molecule has 0 aliphatic rings. The van der Waals surface area contributed by atoms with Crippen molar-refractivity contribution in [3.63, 3.8) is 0 Å². The quantitative estimate of drug-likeness (QED) is 0.748. The Balaban J connectivity index is 2.75. The SMILES string of the molecule is CCNC(CN(CC)CC)c1ccc(OC(C)C)cc1. The highest BCUT2D eigenvalue weighted by atomic mass is 16.5. The predicted octanol–water partition coefficient (Wildman–Crippen LogP) is 3.47. The molecule has 1 aromatic rings. The molecule has 0 aromatic heterocycles. The third-order valence-electron chi connectivity index (χ3n) is 3.44. The number of rotatable bonds is 9. The average Bonchev–Trinajstić information content (AvgIpc) is 2.44. The molecule has 1 aromatic carbocycles. The molecule has 1 unspecified atom stereocenters. The molecule has 0 spiro atoms. The first-order valence-corrected chi connectivity index (χ1v) is 7.83. The van der Waals surface area contributed by atoms with E-state index in [1.165, 1.54) is 5.56 Å². The Labute approximate surface area is 124 Å². The Hall–Kier alpha value is -1.06. The van der Waals surface area contributed by atoms with Gasteiger partial charge in [-0.15, -0.1) is 0 Å². The summed E-state index contributed by atoms with van der Waals surface area (Å²) in [4.78, 5) is 2.45. The lowest BCUT2D eigenvalue weighted by Gasteiger charge is -2.26. The average molecular weight is 278 g/mol. The molecule has 1 rings (SSSR count). The van der Waals surface area contributed by atoms with Gasteiger partial charge < -0.3 is 15.0 Å². The molecule has 0 amide bonds. The second-order valence-corrected chi connectivity index (χ2v) is 5.33. The fourth-order valence-electron chi connectivity index (χ4n) is 2.33. The summed E-state index contributed by atoms with van der Waals surface area (Å²) in [5.41, 5.74) is 1.33. The minimum absolute atomic E-state index is 0.223. The number of nitrogens with one attached hydrogen (secondary N) is 1. The van der Waals surface area contributed by atoms with Crippen LogP contribution in [0.5, 0.6) is 5.75 Å². The monoisotopic (exact) mass is 278 g/mol. The maximum Gasteiger partial charge on any atom is 0.119 e.